The lowest BCUT2D eigenvalue weighted by atomic mass is 10.5. The standard InChI is InChI=1S/C6H14O6Si/c1-11-5-6(7)12-3-2-4-13(8,9)10/h8-10H,2-5H2,1H3/i8T,9T,10T. The van der Waals surface area contributed by atoms with Crippen molar-refractivity contribution in [1.82, 2.24) is 0 Å². The van der Waals surface area contributed by atoms with Gasteiger partial charge >= 0.3 is 14.8 Å². The fourth-order valence-corrected chi connectivity index (χ4v) is 1.21. The number of carbonyl (C=O) groups excluding carboxylic acids is 1. The van der Waals surface area contributed by atoms with Crippen molar-refractivity contribution in [3.63, 3.8) is 0 Å². The quantitative estimate of drug-likeness (QED) is 0.246. The Morgan fingerprint density at radius 1 is 1.54 bits per heavy atom. The minimum absolute atomic E-state index is 0.0454. The lowest BCUT2D eigenvalue weighted by Crippen LogP contribution is -2.34. The zero-order chi connectivity index (χ0) is 12.4. The van der Waals surface area contributed by atoms with E-state index in [1.165, 1.54) is 7.11 Å². The maximum atomic E-state index is 10.8. The molecule has 0 aliphatic heterocycles. The van der Waals surface area contributed by atoms with Crippen LogP contribution in [0.5, 0.6) is 0 Å². The molecule has 0 aromatic carbocycles. The normalized spacial score (nSPS) is 14.4. The van der Waals surface area contributed by atoms with Crippen molar-refractivity contribution in [3.8, 4) is 0 Å². The predicted octanol–water partition coefficient (Wildman–Crippen LogP) is -1.52. The van der Waals surface area contributed by atoms with Crippen LogP contribution in [0.4, 0.5) is 0 Å². The molecule has 0 atom stereocenters. The van der Waals surface area contributed by atoms with E-state index < -0.39 is 14.8 Å². The van der Waals surface area contributed by atoms with Crippen molar-refractivity contribution in [1.29, 1.82) is 4.29 Å². The number of carbonyl (C=O) groups is 1. The van der Waals surface area contributed by atoms with Gasteiger partial charge in [0.25, 0.3) is 0 Å². The molecule has 0 spiro atoms. The maximum Gasteiger partial charge on any atom is 0.492 e. The van der Waals surface area contributed by atoms with E-state index in [1.54, 1.807) is 0 Å². The van der Waals surface area contributed by atoms with E-state index in [-0.39, 0.29) is 25.7 Å². The Morgan fingerprint density at radius 3 is 2.77 bits per heavy atom. The van der Waals surface area contributed by atoms with Gasteiger partial charge in [0.2, 0.25) is 0 Å². The maximum absolute atomic E-state index is 10.8. The van der Waals surface area contributed by atoms with Crippen molar-refractivity contribution in [2.75, 3.05) is 20.3 Å². The van der Waals surface area contributed by atoms with Gasteiger partial charge in [-0.15, -0.1) is 0 Å². The first-order chi connectivity index (χ1) is 7.64. The molecular formula is C6H14O6Si. The van der Waals surface area contributed by atoms with E-state index in [0.717, 1.165) is 0 Å². The highest BCUT2D eigenvalue weighted by atomic mass is 28.4. The fraction of sp³-hybridized carbons (Fsp3) is 0.833. The van der Waals surface area contributed by atoms with Crippen LogP contribution < -0.4 is 0 Å². The Kier molecular flexibility index (Phi) is 3.67. The van der Waals surface area contributed by atoms with Crippen molar-refractivity contribution in [2.24, 2.45) is 0 Å². The van der Waals surface area contributed by atoms with Crippen molar-refractivity contribution in [3.05, 3.63) is 0 Å². The summed E-state index contributed by atoms with van der Waals surface area (Å²) in [6.45, 7) is -0.0750. The second kappa shape index (κ2) is 6.05. The Bertz CT molecular complexity index is 194. The van der Waals surface area contributed by atoms with Crippen LogP contribution in [0.2, 0.25) is 6.04 Å². The summed E-state index contributed by atoms with van der Waals surface area (Å²) >= 11 is 0. The molecule has 0 rings (SSSR count). The molecule has 78 valence electrons. The molecule has 6 nitrogen and oxygen atoms in total. The number of methoxy groups -OCH3 is 1. The molecule has 13 heavy (non-hydrogen) atoms. The first kappa shape index (κ1) is 7.89. The predicted molar refractivity (Wildman–Crippen MR) is 44.7 cm³/mol. The Hall–Kier alpha value is -0.473. The summed E-state index contributed by atoms with van der Waals surface area (Å²) in [7, 11) is -2.16. The Morgan fingerprint density at radius 2 is 2.23 bits per heavy atom. The van der Waals surface area contributed by atoms with Crippen LogP contribution in [-0.4, -0.2) is 53.8 Å². The molecule has 7 heteroatoms. The second-order valence-electron chi connectivity index (χ2n) is 2.44. The van der Waals surface area contributed by atoms with E-state index in [9.17, 15) is 4.79 Å². The molecule has 0 aromatic rings. The SMILES string of the molecule is [3H]O[Si](CCCOC(=O)COC)(O[3H])O[3H]. The summed E-state index contributed by atoms with van der Waals surface area (Å²) in [5.41, 5.74) is 0. The van der Waals surface area contributed by atoms with Gasteiger partial charge in [0.15, 0.2) is 4.29 Å². The molecular weight excluding hydrogens is 196 g/mol. The molecule has 0 unspecified atom stereocenters. The minimum Gasteiger partial charge on any atom is -0.464 e. The molecule has 0 bridgehead atoms. The second-order valence-corrected chi connectivity index (χ2v) is 4.31. The third kappa shape index (κ3) is 9.44. The molecule has 0 saturated heterocycles. The highest BCUT2D eigenvalue weighted by Crippen LogP contribution is 2.01. The summed E-state index contributed by atoms with van der Waals surface area (Å²) in [6, 6.07) is 0.0454. The van der Waals surface area contributed by atoms with Crippen LogP contribution in [-0.2, 0) is 14.3 Å². The molecule has 0 amide bonds. The summed E-state index contributed by atoms with van der Waals surface area (Å²) in [5, 5.41) is 0. The Labute approximate surface area is 81.6 Å². The van der Waals surface area contributed by atoms with Crippen LogP contribution in [0.25, 0.3) is 0 Å². The smallest absolute Gasteiger partial charge is 0.464 e. The van der Waals surface area contributed by atoms with Gasteiger partial charge in [0.05, 0.1) is 6.61 Å². The van der Waals surface area contributed by atoms with Crippen LogP contribution in [0.1, 0.15) is 6.42 Å². The van der Waals surface area contributed by atoms with E-state index in [2.05, 4.69) is 19.1 Å². The molecule has 0 radical (unpaired) electrons. The number of ether oxygens (including phenoxy) is 2. The third-order valence-corrected chi connectivity index (χ3v) is 2.12. The van der Waals surface area contributed by atoms with Gasteiger partial charge in [-0.2, -0.15) is 0 Å². The number of rotatable bonds is 9. The average molecular weight is 216 g/mol. The highest BCUT2D eigenvalue weighted by molar-refractivity contribution is 6.56. The molecule has 0 saturated carbocycles. The zero-order valence-corrected chi connectivity index (χ0v) is 8.28. The molecule has 0 aliphatic rings. The summed E-state index contributed by atoms with van der Waals surface area (Å²) < 4.78 is 29.2. The monoisotopic (exact) mass is 216 g/mol. The first-order valence-electron chi connectivity index (χ1n) is 4.94. The number of hydrogen-bond donors (Lipinski definition) is 3. The van der Waals surface area contributed by atoms with Crippen molar-refractivity contribution >= 4 is 14.8 Å². The van der Waals surface area contributed by atoms with Crippen LogP contribution in [0.3, 0.4) is 0 Å². The highest BCUT2D eigenvalue weighted by Gasteiger charge is 2.25. The van der Waals surface area contributed by atoms with Gasteiger partial charge in [-0.3, -0.25) is 0 Å². The van der Waals surface area contributed by atoms with Gasteiger partial charge < -0.3 is 23.9 Å². The molecule has 0 fully saturated rings. The topological polar surface area (TPSA) is 96.2 Å². The zero-order valence-electron chi connectivity index (χ0n) is 10.3. The lowest BCUT2D eigenvalue weighted by Gasteiger charge is -2.08. The van der Waals surface area contributed by atoms with Gasteiger partial charge in [-0.25, -0.2) is 4.79 Å². The average Bonchev–Trinajstić information content (AvgIpc) is 2.31. The summed E-state index contributed by atoms with van der Waals surface area (Å²) in [5.74, 6) is -0.514. The van der Waals surface area contributed by atoms with Crippen LogP contribution in [0, 0.1) is 0 Å². The fourth-order valence-electron chi connectivity index (χ4n) is 0.634. The molecule has 0 aliphatic carbocycles. The largest absolute Gasteiger partial charge is 0.492 e. The van der Waals surface area contributed by atoms with E-state index in [1.807, 2.05) is 0 Å². The van der Waals surface area contributed by atoms with Crippen LogP contribution >= 0.6 is 0 Å². The third-order valence-electron chi connectivity index (χ3n) is 1.15. The number of hydrogen-bond acceptors (Lipinski definition) is 6. The minimum atomic E-state index is -3.53. The van der Waals surface area contributed by atoms with Gasteiger partial charge in [-0.1, -0.05) is 0 Å². The van der Waals surface area contributed by atoms with E-state index in [4.69, 9.17) is 9.03 Å². The van der Waals surface area contributed by atoms with Crippen molar-refractivity contribution in [2.45, 2.75) is 12.5 Å². The molecule has 0 heterocycles. The van der Waals surface area contributed by atoms with E-state index in [0.29, 0.717) is 0 Å². The van der Waals surface area contributed by atoms with E-state index >= 15 is 0 Å². The number of esters is 1. The van der Waals surface area contributed by atoms with Crippen LogP contribution in [0.15, 0.2) is 0 Å². The first-order valence-corrected chi connectivity index (χ1v) is 5.65. The van der Waals surface area contributed by atoms with Crippen molar-refractivity contribution < 1.29 is 28.7 Å². The van der Waals surface area contributed by atoms with Gasteiger partial charge in [-0.05, 0) is 6.42 Å². The summed E-state index contributed by atoms with van der Waals surface area (Å²) in [6.07, 6.45) is 0.276. The molecule has 3 N–H and O–H groups in total. The Balaban J connectivity index is 3.74. The molecule has 0 aromatic heterocycles. The van der Waals surface area contributed by atoms with Gasteiger partial charge in [0.1, 0.15) is 6.61 Å². The van der Waals surface area contributed by atoms with Gasteiger partial charge in [0, 0.05) is 13.2 Å². The summed E-state index contributed by atoms with van der Waals surface area (Å²) in [4.78, 5) is 23.1. The lowest BCUT2D eigenvalue weighted by molar-refractivity contribution is -0.147.